The first-order valence-corrected chi connectivity index (χ1v) is 9.71. The molecule has 5 nitrogen and oxygen atoms in total. The van der Waals surface area contributed by atoms with Crippen molar-refractivity contribution < 1.29 is 14.0 Å². The van der Waals surface area contributed by atoms with Gasteiger partial charge >= 0.3 is 0 Å². The number of carbonyl (C=O) groups excluding carboxylic acids is 2. The molecule has 0 unspecified atom stereocenters. The molecule has 0 aliphatic rings. The van der Waals surface area contributed by atoms with Gasteiger partial charge in [-0.25, -0.2) is 0 Å². The summed E-state index contributed by atoms with van der Waals surface area (Å²) in [4.78, 5) is 25.9. The van der Waals surface area contributed by atoms with Gasteiger partial charge in [0.15, 0.2) is 0 Å². The average Bonchev–Trinajstić information content (AvgIpc) is 3.09. The number of anilines is 2. The third-order valence-electron chi connectivity index (χ3n) is 5.19. The van der Waals surface area contributed by atoms with E-state index in [2.05, 4.69) is 10.6 Å². The van der Waals surface area contributed by atoms with Crippen LogP contribution in [0.25, 0.3) is 11.0 Å². The molecule has 2 N–H and O–H groups in total. The lowest BCUT2D eigenvalue weighted by molar-refractivity contribution is 0.0999. The Bertz CT molecular complexity index is 1270. The Hall–Kier alpha value is -3.86. The van der Waals surface area contributed by atoms with E-state index in [1.54, 1.807) is 12.1 Å². The molecule has 4 aromatic rings. The van der Waals surface area contributed by atoms with Gasteiger partial charge in [-0.15, -0.1) is 0 Å². The number of nitrogens with one attached hydrogen (secondary N) is 2. The van der Waals surface area contributed by atoms with Crippen LogP contribution in [0, 0.1) is 20.8 Å². The molecule has 0 aliphatic carbocycles. The standard InChI is InChI=1S/C25H22N2O3/c1-15-12-13-18(14-17(15)3)26-25(29)23-22(20-10-6-7-11-21(20)30-23)27-24(28)19-9-5-4-8-16(19)2/h4-14H,1-3H3,(H,26,29)(H,27,28). The number of furan rings is 1. The van der Waals surface area contributed by atoms with Gasteiger partial charge in [0, 0.05) is 16.6 Å². The Morgan fingerprint density at radius 1 is 0.733 bits per heavy atom. The summed E-state index contributed by atoms with van der Waals surface area (Å²) in [5.74, 6) is -0.647. The van der Waals surface area contributed by atoms with Crippen LogP contribution in [-0.4, -0.2) is 11.8 Å². The molecular weight excluding hydrogens is 376 g/mol. The van der Waals surface area contributed by atoms with E-state index in [1.165, 1.54) is 0 Å². The maximum absolute atomic E-state index is 13.0. The highest BCUT2D eigenvalue weighted by Crippen LogP contribution is 2.32. The van der Waals surface area contributed by atoms with Crippen LogP contribution in [0.4, 0.5) is 11.4 Å². The van der Waals surface area contributed by atoms with Crippen molar-refractivity contribution in [2.24, 2.45) is 0 Å². The second-order valence-corrected chi connectivity index (χ2v) is 7.32. The van der Waals surface area contributed by atoms with Crippen LogP contribution in [0.15, 0.2) is 71.1 Å². The van der Waals surface area contributed by atoms with Crippen LogP contribution >= 0.6 is 0 Å². The van der Waals surface area contributed by atoms with Crippen LogP contribution in [0.3, 0.4) is 0 Å². The Kier molecular flexibility index (Phi) is 5.11. The van der Waals surface area contributed by atoms with Crippen LogP contribution < -0.4 is 10.6 Å². The number of carbonyl (C=O) groups is 2. The summed E-state index contributed by atoms with van der Waals surface area (Å²) in [6, 6.07) is 20.3. The lowest BCUT2D eigenvalue weighted by Gasteiger charge is -2.10. The molecule has 0 saturated heterocycles. The van der Waals surface area contributed by atoms with E-state index in [0.717, 1.165) is 16.7 Å². The third-order valence-corrected chi connectivity index (χ3v) is 5.19. The number of para-hydroxylation sites is 1. The van der Waals surface area contributed by atoms with E-state index in [0.29, 0.717) is 27.9 Å². The van der Waals surface area contributed by atoms with E-state index in [-0.39, 0.29) is 11.7 Å². The van der Waals surface area contributed by atoms with E-state index in [4.69, 9.17) is 4.42 Å². The minimum absolute atomic E-state index is 0.0661. The molecule has 0 radical (unpaired) electrons. The molecular formula is C25H22N2O3. The highest BCUT2D eigenvalue weighted by atomic mass is 16.3. The van der Waals surface area contributed by atoms with Gasteiger partial charge in [-0.05, 0) is 67.8 Å². The molecule has 4 rings (SSSR count). The van der Waals surface area contributed by atoms with Gasteiger partial charge in [-0.2, -0.15) is 0 Å². The zero-order valence-corrected chi connectivity index (χ0v) is 17.1. The third kappa shape index (κ3) is 3.70. The predicted octanol–water partition coefficient (Wildman–Crippen LogP) is 5.86. The molecule has 0 spiro atoms. The second-order valence-electron chi connectivity index (χ2n) is 7.32. The normalized spacial score (nSPS) is 10.8. The molecule has 1 heterocycles. The number of rotatable bonds is 4. The molecule has 0 atom stereocenters. The molecule has 0 aliphatic heterocycles. The van der Waals surface area contributed by atoms with Gasteiger partial charge in [0.1, 0.15) is 11.3 Å². The number of hydrogen-bond acceptors (Lipinski definition) is 3. The Balaban J connectivity index is 1.71. The van der Waals surface area contributed by atoms with E-state index < -0.39 is 5.91 Å². The predicted molar refractivity (Wildman–Crippen MR) is 119 cm³/mol. The highest BCUT2D eigenvalue weighted by Gasteiger charge is 2.23. The molecule has 30 heavy (non-hydrogen) atoms. The summed E-state index contributed by atoms with van der Waals surface area (Å²) in [6.45, 7) is 5.87. The van der Waals surface area contributed by atoms with Crippen molar-refractivity contribution in [3.05, 3.63) is 94.7 Å². The average molecular weight is 398 g/mol. The number of hydrogen-bond donors (Lipinski definition) is 2. The minimum Gasteiger partial charge on any atom is -0.449 e. The Morgan fingerprint density at radius 2 is 1.47 bits per heavy atom. The largest absolute Gasteiger partial charge is 0.449 e. The molecule has 0 fully saturated rings. The Morgan fingerprint density at radius 3 is 2.23 bits per heavy atom. The molecule has 1 aromatic heterocycles. The Labute approximate surface area is 174 Å². The minimum atomic E-state index is -0.422. The first-order valence-electron chi connectivity index (χ1n) is 9.71. The smallest absolute Gasteiger partial charge is 0.293 e. The summed E-state index contributed by atoms with van der Waals surface area (Å²) in [5, 5.41) is 6.42. The quantitative estimate of drug-likeness (QED) is 0.452. The van der Waals surface area contributed by atoms with Crippen molar-refractivity contribution in [2.75, 3.05) is 10.6 Å². The molecule has 5 heteroatoms. The number of fused-ring (bicyclic) bond motifs is 1. The number of amides is 2. The first kappa shape index (κ1) is 19.5. The van der Waals surface area contributed by atoms with Crippen molar-refractivity contribution in [2.45, 2.75) is 20.8 Å². The maximum Gasteiger partial charge on any atom is 0.293 e. The number of aryl methyl sites for hydroxylation is 3. The van der Waals surface area contributed by atoms with Crippen molar-refractivity contribution in [1.29, 1.82) is 0 Å². The molecule has 2 amide bonds. The molecule has 150 valence electrons. The summed E-state index contributed by atoms with van der Waals surface area (Å²) in [7, 11) is 0. The van der Waals surface area contributed by atoms with E-state index >= 15 is 0 Å². The van der Waals surface area contributed by atoms with Crippen LogP contribution in [0.5, 0.6) is 0 Å². The van der Waals surface area contributed by atoms with Crippen molar-refractivity contribution in [1.82, 2.24) is 0 Å². The topological polar surface area (TPSA) is 71.3 Å². The van der Waals surface area contributed by atoms with E-state index in [1.807, 2.05) is 75.4 Å². The second kappa shape index (κ2) is 7.87. The monoisotopic (exact) mass is 398 g/mol. The van der Waals surface area contributed by atoms with Gasteiger partial charge in [0.05, 0.1) is 0 Å². The lowest BCUT2D eigenvalue weighted by Crippen LogP contribution is -2.18. The fourth-order valence-corrected chi connectivity index (χ4v) is 3.35. The first-order chi connectivity index (χ1) is 14.4. The van der Waals surface area contributed by atoms with Gasteiger partial charge in [-0.1, -0.05) is 36.4 Å². The van der Waals surface area contributed by atoms with Gasteiger partial charge in [-0.3, -0.25) is 9.59 Å². The summed E-state index contributed by atoms with van der Waals surface area (Å²) in [5.41, 5.74) is 5.17. The van der Waals surface area contributed by atoms with Gasteiger partial charge in [0.2, 0.25) is 5.76 Å². The van der Waals surface area contributed by atoms with Crippen LogP contribution in [0.1, 0.15) is 37.6 Å². The zero-order valence-electron chi connectivity index (χ0n) is 17.1. The van der Waals surface area contributed by atoms with Crippen LogP contribution in [-0.2, 0) is 0 Å². The lowest BCUT2D eigenvalue weighted by atomic mass is 10.1. The SMILES string of the molecule is Cc1ccc(NC(=O)c2oc3ccccc3c2NC(=O)c2ccccc2C)cc1C. The summed E-state index contributed by atoms with van der Waals surface area (Å²) in [6.07, 6.45) is 0. The highest BCUT2D eigenvalue weighted by molar-refractivity contribution is 6.17. The maximum atomic E-state index is 13.0. The zero-order chi connectivity index (χ0) is 21.3. The molecule has 0 saturated carbocycles. The van der Waals surface area contributed by atoms with Crippen molar-refractivity contribution >= 4 is 34.2 Å². The molecule has 3 aromatic carbocycles. The summed E-state index contributed by atoms with van der Waals surface area (Å²) >= 11 is 0. The molecule has 0 bridgehead atoms. The van der Waals surface area contributed by atoms with E-state index in [9.17, 15) is 9.59 Å². The fourth-order valence-electron chi connectivity index (χ4n) is 3.35. The van der Waals surface area contributed by atoms with Crippen LogP contribution in [0.2, 0.25) is 0 Å². The van der Waals surface area contributed by atoms with Crippen molar-refractivity contribution in [3.8, 4) is 0 Å². The fraction of sp³-hybridized carbons (Fsp3) is 0.120. The number of benzene rings is 3. The van der Waals surface area contributed by atoms with Gasteiger partial charge in [0.25, 0.3) is 11.8 Å². The summed E-state index contributed by atoms with van der Waals surface area (Å²) < 4.78 is 5.83. The van der Waals surface area contributed by atoms with Gasteiger partial charge < -0.3 is 15.1 Å². The van der Waals surface area contributed by atoms with Crippen molar-refractivity contribution in [3.63, 3.8) is 0 Å².